The van der Waals surface area contributed by atoms with Crippen LogP contribution in [0.3, 0.4) is 0 Å². The van der Waals surface area contributed by atoms with E-state index < -0.39 is 12.1 Å². The van der Waals surface area contributed by atoms with Crippen LogP contribution in [-0.2, 0) is 9.53 Å². The molecule has 4 heteroatoms. The molecule has 1 aromatic rings. The number of esters is 1. The number of carbonyl (C=O) groups excluding carboxylic acids is 1. The van der Waals surface area contributed by atoms with Crippen LogP contribution in [0.15, 0.2) is 18.2 Å². The molecule has 16 heavy (non-hydrogen) atoms. The number of benzene rings is 1. The maximum Gasteiger partial charge on any atom is 0.339 e. The van der Waals surface area contributed by atoms with Crippen LogP contribution in [0.2, 0.25) is 0 Å². The molecule has 0 fully saturated rings. The third kappa shape index (κ3) is 2.73. The van der Waals surface area contributed by atoms with Gasteiger partial charge in [-0.3, -0.25) is 0 Å². The molecule has 0 saturated carbocycles. The van der Waals surface area contributed by atoms with Crippen LogP contribution in [0.4, 0.5) is 0 Å². The number of aliphatic hydroxyl groups excluding tert-OH is 1. The summed E-state index contributed by atoms with van der Waals surface area (Å²) in [5.74, 6) is -0.500. The average molecular weight is 224 g/mol. The highest BCUT2D eigenvalue weighted by Crippen LogP contribution is 2.26. The molecule has 2 N–H and O–H groups in total. The van der Waals surface area contributed by atoms with Crippen LogP contribution >= 0.6 is 0 Å². The Balaban J connectivity index is 3.09. The molecule has 1 unspecified atom stereocenters. The summed E-state index contributed by atoms with van der Waals surface area (Å²) in [5, 5.41) is 19.1. The first-order valence-corrected chi connectivity index (χ1v) is 5.05. The first-order chi connectivity index (χ1) is 7.45. The van der Waals surface area contributed by atoms with Crippen LogP contribution < -0.4 is 0 Å². The number of hydrogen-bond donors (Lipinski definition) is 2. The van der Waals surface area contributed by atoms with E-state index in [-0.39, 0.29) is 11.7 Å². The van der Waals surface area contributed by atoms with Gasteiger partial charge in [0.2, 0.25) is 0 Å². The Labute approximate surface area is 94.5 Å². The summed E-state index contributed by atoms with van der Waals surface area (Å²) >= 11 is 0. The molecule has 0 saturated heterocycles. The predicted octanol–water partition coefficient (Wildman–Crippen LogP) is 1.72. The number of aromatic hydroxyl groups is 1. The summed E-state index contributed by atoms with van der Waals surface area (Å²) < 4.78 is 4.44. The zero-order valence-electron chi connectivity index (χ0n) is 9.60. The lowest BCUT2D eigenvalue weighted by Gasteiger charge is -2.12. The lowest BCUT2D eigenvalue weighted by atomic mass is 9.98. The molecule has 0 aliphatic rings. The Bertz CT molecular complexity index is 385. The average Bonchev–Trinajstić information content (AvgIpc) is 2.26. The SMILES string of the molecule is COC(=O)C(O)c1cc(O)cc(C(C)C)c1. The van der Waals surface area contributed by atoms with Gasteiger partial charge < -0.3 is 14.9 Å². The van der Waals surface area contributed by atoms with E-state index in [0.29, 0.717) is 5.56 Å². The number of phenols is 1. The van der Waals surface area contributed by atoms with Crippen LogP contribution in [0.1, 0.15) is 37.0 Å². The molecule has 0 heterocycles. The molecular formula is C12H16O4. The van der Waals surface area contributed by atoms with Crippen molar-refractivity contribution in [1.29, 1.82) is 0 Å². The fourth-order valence-corrected chi connectivity index (χ4v) is 1.40. The van der Waals surface area contributed by atoms with E-state index >= 15 is 0 Å². The first-order valence-electron chi connectivity index (χ1n) is 5.05. The Morgan fingerprint density at radius 2 is 1.81 bits per heavy atom. The molecule has 0 aliphatic carbocycles. The van der Waals surface area contributed by atoms with Crippen molar-refractivity contribution in [2.75, 3.05) is 7.11 Å². The van der Waals surface area contributed by atoms with Crippen molar-refractivity contribution in [1.82, 2.24) is 0 Å². The lowest BCUT2D eigenvalue weighted by molar-refractivity contribution is -0.150. The maximum atomic E-state index is 11.2. The minimum absolute atomic E-state index is 0.0316. The van der Waals surface area contributed by atoms with Gasteiger partial charge in [0.1, 0.15) is 5.75 Å². The second kappa shape index (κ2) is 4.99. The molecule has 4 nitrogen and oxygen atoms in total. The minimum atomic E-state index is -1.35. The van der Waals surface area contributed by atoms with Crippen LogP contribution in [0.25, 0.3) is 0 Å². The second-order valence-corrected chi connectivity index (χ2v) is 3.94. The molecular weight excluding hydrogens is 208 g/mol. The van der Waals surface area contributed by atoms with E-state index in [2.05, 4.69) is 4.74 Å². The Morgan fingerprint density at radius 3 is 2.31 bits per heavy atom. The molecule has 0 bridgehead atoms. The largest absolute Gasteiger partial charge is 0.508 e. The van der Waals surface area contributed by atoms with Crippen molar-refractivity contribution >= 4 is 5.97 Å². The highest BCUT2D eigenvalue weighted by Gasteiger charge is 2.19. The molecule has 88 valence electrons. The highest BCUT2D eigenvalue weighted by molar-refractivity contribution is 5.76. The number of phenolic OH excluding ortho intramolecular Hbond substituents is 1. The smallest absolute Gasteiger partial charge is 0.339 e. The van der Waals surface area contributed by atoms with Gasteiger partial charge in [0, 0.05) is 0 Å². The zero-order valence-corrected chi connectivity index (χ0v) is 9.60. The first kappa shape index (κ1) is 12.5. The fraction of sp³-hybridized carbons (Fsp3) is 0.417. The quantitative estimate of drug-likeness (QED) is 0.767. The van der Waals surface area contributed by atoms with Crippen molar-refractivity contribution in [3.63, 3.8) is 0 Å². The van der Waals surface area contributed by atoms with Crippen LogP contribution in [0, 0.1) is 0 Å². The van der Waals surface area contributed by atoms with E-state index in [1.54, 1.807) is 12.1 Å². The van der Waals surface area contributed by atoms with Gasteiger partial charge in [-0.25, -0.2) is 4.79 Å². The van der Waals surface area contributed by atoms with Gasteiger partial charge in [-0.2, -0.15) is 0 Å². The Kier molecular flexibility index (Phi) is 3.90. The van der Waals surface area contributed by atoms with E-state index in [1.807, 2.05) is 13.8 Å². The topological polar surface area (TPSA) is 66.8 Å². The summed E-state index contributed by atoms with van der Waals surface area (Å²) in [5.41, 5.74) is 1.20. The molecule has 1 aromatic carbocycles. The summed E-state index contributed by atoms with van der Waals surface area (Å²) in [6, 6.07) is 4.65. The van der Waals surface area contributed by atoms with Crippen LogP contribution in [0.5, 0.6) is 5.75 Å². The zero-order chi connectivity index (χ0) is 12.3. The van der Waals surface area contributed by atoms with Crippen molar-refractivity contribution in [2.24, 2.45) is 0 Å². The Morgan fingerprint density at radius 1 is 1.25 bits per heavy atom. The van der Waals surface area contributed by atoms with E-state index in [1.165, 1.54) is 13.2 Å². The standard InChI is InChI=1S/C12H16O4/c1-7(2)8-4-9(6-10(13)5-8)11(14)12(15)16-3/h4-7,11,13-14H,1-3H3. The number of carbonyl (C=O) groups is 1. The minimum Gasteiger partial charge on any atom is -0.508 e. The summed E-state index contributed by atoms with van der Waals surface area (Å²) in [6.07, 6.45) is -1.35. The number of hydrogen-bond acceptors (Lipinski definition) is 4. The van der Waals surface area contributed by atoms with E-state index in [4.69, 9.17) is 0 Å². The fourth-order valence-electron chi connectivity index (χ4n) is 1.40. The summed E-state index contributed by atoms with van der Waals surface area (Å²) in [4.78, 5) is 11.2. The maximum absolute atomic E-state index is 11.2. The Hall–Kier alpha value is -1.55. The third-order valence-electron chi connectivity index (χ3n) is 2.37. The van der Waals surface area contributed by atoms with Crippen molar-refractivity contribution < 1.29 is 19.7 Å². The second-order valence-electron chi connectivity index (χ2n) is 3.94. The van der Waals surface area contributed by atoms with Gasteiger partial charge in [-0.1, -0.05) is 19.9 Å². The molecule has 1 rings (SSSR count). The van der Waals surface area contributed by atoms with Gasteiger partial charge in [0.15, 0.2) is 6.10 Å². The highest BCUT2D eigenvalue weighted by atomic mass is 16.5. The summed E-state index contributed by atoms with van der Waals surface area (Å²) in [7, 11) is 1.21. The normalized spacial score (nSPS) is 12.6. The monoisotopic (exact) mass is 224 g/mol. The van der Waals surface area contributed by atoms with Crippen molar-refractivity contribution in [3.05, 3.63) is 29.3 Å². The number of rotatable bonds is 3. The van der Waals surface area contributed by atoms with Gasteiger partial charge in [0.05, 0.1) is 7.11 Å². The lowest BCUT2D eigenvalue weighted by Crippen LogP contribution is -2.13. The molecule has 0 amide bonds. The van der Waals surface area contributed by atoms with Gasteiger partial charge in [0.25, 0.3) is 0 Å². The third-order valence-corrected chi connectivity index (χ3v) is 2.37. The number of methoxy groups -OCH3 is 1. The summed E-state index contributed by atoms with van der Waals surface area (Å²) in [6.45, 7) is 3.92. The molecule has 0 aliphatic heterocycles. The predicted molar refractivity (Wildman–Crippen MR) is 59.2 cm³/mol. The van der Waals surface area contributed by atoms with Crippen molar-refractivity contribution in [2.45, 2.75) is 25.9 Å². The van der Waals surface area contributed by atoms with Gasteiger partial charge in [-0.05, 0) is 29.2 Å². The van der Waals surface area contributed by atoms with E-state index in [9.17, 15) is 15.0 Å². The van der Waals surface area contributed by atoms with Gasteiger partial charge >= 0.3 is 5.97 Å². The molecule has 0 spiro atoms. The molecule has 0 aromatic heterocycles. The van der Waals surface area contributed by atoms with E-state index in [0.717, 1.165) is 5.56 Å². The number of aliphatic hydroxyl groups is 1. The van der Waals surface area contributed by atoms with Crippen molar-refractivity contribution in [3.8, 4) is 5.75 Å². The molecule has 0 radical (unpaired) electrons. The van der Waals surface area contributed by atoms with Crippen LogP contribution in [-0.4, -0.2) is 23.3 Å². The number of ether oxygens (including phenoxy) is 1. The molecule has 1 atom stereocenters. The van der Waals surface area contributed by atoms with Gasteiger partial charge in [-0.15, -0.1) is 0 Å².